The molecule has 0 bridgehead atoms. The van der Waals surface area contributed by atoms with Crippen molar-refractivity contribution in [2.45, 2.75) is 25.7 Å². The highest BCUT2D eigenvalue weighted by Crippen LogP contribution is 2.19. The van der Waals surface area contributed by atoms with Crippen LogP contribution in [0.1, 0.15) is 25.7 Å². The summed E-state index contributed by atoms with van der Waals surface area (Å²) in [6.07, 6.45) is 3.16. The second-order valence-corrected chi connectivity index (χ2v) is 10.1. The minimum atomic E-state index is -3.31. The highest BCUT2D eigenvalue weighted by atomic mass is 32.2. The van der Waals surface area contributed by atoms with Crippen LogP contribution in [0, 0.1) is 5.92 Å². The van der Waals surface area contributed by atoms with Crippen LogP contribution in [-0.4, -0.2) is 64.6 Å². The second-order valence-electron chi connectivity index (χ2n) is 5.70. The number of nitrogens with zero attached hydrogens (tertiary/aromatic N) is 1. The van der Waals surface area contributed by atoms with Crippen LogP contribution in [0.25, 0.3) is 0 Å². The summed E-state index contributed by atoms with van der Waals surface area (Å²) in [5.74, 6) is 0.687. The third-order valence-corrected chi connectivity index (χ3v) is 7.77. The topological polar surface area (TPSA) is 83.6 Å². The quantitative estimate of drug-likeness (QED) is 0.776. The second kappa shape index (κ2) is 6.72. The molecule has 20 heavy (non-hydrogen) atoms. The molecule has 2 fully saturated rings. The summed E-state index contributed by atoms with van der Waals surface area (Å²) in [5, 5.41) is 3.27. The Balaban J connectivity index is 1.89. The van der Waals surface area contributed by atoms with Crippen LogP contribution in [0.2, 0.25) is 0 Å². The lowest BCUT2D eigenvalue weighted by atomic mass is 9.96. The molecule has 0 atom stereocenters. The van der Waals surface area contributed by atoms with Gasteiger partial charge >= 0.3 is 0 Å². The van der Waals surface area contributed by atoms with Crippen LogP contribution in [0.4, 0.5) is 0 Å². The van der Waals surface area contributed by atoms with Crippen LogP contribution < -0.4 is 5.32 Å². The Labute approximate surface area is 121 Å². The van der Waals surface area contributed by atoms with E-state index >= 15 is 0 Å². The predicted molar refractivity (Wildman–Crippen MR) is 78.8 cm³/mol. The molecular formula is C12H24N2O4S2. The van der Waals surface area contributed by atoms with Crippen molar-refractivity contribution < 1.29 is 16.8 Å². The summed E-state index contributed by atoms with van der Waals surface area (Å²) in [5.41, 5.74) is 0. The maximum atomic E-state index is 12.3. The molecular weight excluding hydrogens is 300 g/mol. The summed E-state index contributed by atoms with van der Waals surface area (Å²) in [6.45, 7) is 2.39. The first-order chi connectivity index (χ1) is 9.39. The monoisotopic (exact) mass is 324 g/mol. The van der Waals surface area contributed by atoms with Crippen molar-refractivity contribution in [3.05, 3.63) is 0 Å². The average Bonchev–Trinajstić information content (AvgIpc) is 2.59. The lowest BCUT2D eigenvalue weighted by Crippen LogP contribution is -2.36. The Morgan fingerprint density at radius 2 is 1.80 bits per heavy atom. The van der Waals surface area contributed by atoms with Gasteiger partial charge in [-0.15, -0.1) is 0 Å². The molecule has 0 saturated carbocycles. The molecule has 2 aliphatic rings. The molecule has 6 nitrogen and oxygen atoms in total. The van der Waals surface area contributed by atoms with Gasteiger partial charge in [-0.05, 0) is 44.7 Å². The number of sulfone groups is 1. The Morgan fingerprint density at radius 1 is 1.10 bits per heavy atom. The van der Waals surface area contributed by atoms with Gasteiger partial charge in [-0.1, -0.05) is 0 Å². The Bertz CT molecular complexity index is 510. The number of hydrogen-bond donors (Lipinski definition) is 1. The van der Waals surface area contributed by atoms with Crippen LogP contribution >= 0.6 is 0 Å². The van der Waals surface area contributed by atoms with Crippen molar-refractivity contribution in [2.24, 2.45) is 5.92 Å². The van der Waals surface area contributed by atoms with Gasteiger partial charge in [0.25, 0.3) is 0 Å². The summed E-state index contributed by atoms with van der Waals surface area (Å²) in [7, 11) is -6.37. The molecule has 118 valence electrons. The summed E-state index contributed by atoms with van der Waals surface area (Å²) in [4.78, 5) is 0. The molecule has 0 spiro atoms. The molecule has 0 aromatic carbocycles. The Kier molecular flexibility index (Phi) is 5.44. The number of piperidine rings is 1. The predicted octanol–water partition coefficient (Wildman–Crippen LogP) is -0.174. The highest BCUT2D eigenvalue weighted by Gasteiger charge is 2.28. The van der Waals surface area contributed by atoms with Crippen LogP contribution in [0.15, 0.2) is 0 Å². The maximum Gasteiger partial charge on any atom is 0.214 e. The number of hydrogen-bond acceptors (Lipinski definition) is 5. The molecule has 0 aliphatic carbocycles. The van der Waals surface area contributed by atoms with E-state index in [1.54, 1.807) is 0 Å². The number of nitrogens with one attached hydrogen (secondary N) is 1. The Morgan fingerprint density at radius 3 is 2.50 bits per heavy atom. The van der Waals surface area contributed by atoms with Crippen molar-refractivity contribution in [3.63, 3.8) is 0 Å². The molecule has 1 N–H and O–H groups in total. The van der Waals surface area contributed by atoms with E-state index in [1.807, 2.05) is 0 Å². The molecule has 2 rings (SSSR count). The SMILES string of the molecule is O=S1(=O)CCCN(S(=O)(=O)CCC2CCNCC2)CC1. The van der Waals surface area contributed by atoms with Crippen molar-refractivity contribution in [3.8, 4) is 0 Å². The lowest BCUT2D eigenvalue weighted by Gasteiger charge is -2.24. The van der Waals surface area contributed by atoms with Gasteiger partial charge in [0.2, 0.25) is 10.0 Å². The van der Waals surface area contributed by atoms with Gasteiger partial charge in [0, 0.05) is 13.1 Å². The summed E-state index contributed by atoms with van der Waals surface area (Å²) >= 11 is 0. The van der Waals surface area contributed by atoms with E-state index < -0.39 is 19.9 Å². The van der Waals surface area contributed by atoms with E-state index in [0.717, 1.165) is 25.9 Å². The minimum Gasteiger partial charge on any atom is -0.317 e. The fourth-order valence-electron chi connectivity index (χ4n) is 2.81. The van der Waals surface area contributed by atoms with E-state index in [1.165, 1.54) is 4.31 Å². The third-order valence-electron chi connectivity index (χ3n) is 4.15. The van der Waals surface area contributed by atoms with Crippen LogP contribution in [-0.2, 0) is 19.9 Å². The van der Waals surface area contributed by atoms with Crippen LogP contribution in [0.5, 0.6) is 0 Å². The molecule has 0 aromatic heterocycles. The van der Waals surface area contributed by atoms with E-state index in [2.05, 4.69) is 5.32 Å². The fraction of sp³-hybridized carbons (Fsp3) is 1.00. The van der Waals surface area contributed by atoms with Gasteiger partial charge < -0.3 is 5.32 Å². The maximum absolute atomic E-state index is 12.3. The molecule has 2 heterocycles. The third kappa shape index (κ3) is 4.68. The first kappa shape index (κ1) is 16.2. The summed E-state index contributed by atoms with van der Waals surface area (Å²) in [6, 6.07) is 0. The smallest absolute Gasteiger partial charge is 0.214 e. The van der Waals surface area contributed by atoms with Crippen molar-refractivity contribution >= 4 is 19.9 Å². The van der Waals surface area contributed by atoms with Crippen molar-refractivity contribution in [2.75, 3.05) is 43.4 Å². The Hall–Kier alpha value is -0.180. The van der Waals surface area contributed by atoms with Crippen molar-refractivity contribution in [1.29, 1.82) is 0 Å². The molecule has 2 saturated heterocycles. The minimum absolute atomic E-state index is 0.0421. The van der Waals surface area contributed by atoms with Gasteiger partial charge in [0.1, 0.15) is 0 Å². The molecule has 8 heteroatoms. The normalized spacial score (nSPS) is 26.2. The van der Waals surface area contributed by atoms with E-state index in [0.29, 0.717) is 25.3 Å². The van der Waals surface area contributed by atoms with E-state index in [9.17, 15) is 16.8 Å². The number of rotatable bonds is 4. The first-order valence-corrected chi connectivity index (χ1v) is 10.7. The molecule has 0 unspecified atom stereocenters. The zero-order valence-electron chi connectivity index (χ0n) is 11.8. The van der Waals surface area contributed by atoms with E-state index in [4.69, 9.17) is 0 Å². The van der Waals surface area contributed by atoms with Crippen molar-refractivity contribution in [1.82, 2.24) is 9.62 Å². The molecule has 0 aromatic rings. The zero-order chi connectivity index (χ0) is 14.6. The lowest BCUT2D eigenvalue weighted by molar-refractivity contribution is 0.360. The molecule has 0 radical (unpaired) electrons. The van der Waals surface area contributed by atoms with E-state index in [-0.39, 0.29) is 23.8 Å². The fourth-order valence-corrected chi connectivity index (χ4v) is 5.86. The first-order valence-electron chi connectivity index (χ1n) is 7.28. The van der Waals surface area contributed by atoms with Gasteiger partial charge in [-0.2, -0.15) is 0 Å². The zero-order valence-corrected chi connectivity index (χ0v) is 13.4. The van der Waals surface area contributed by atoms with Gasteiger partial charge in [0.15, 0.2) is 9.84 Å². The van der Waals surface area contributed by atoms with Gasteiger partial charge in [-0.3, -0.25) is 0 Å². The highest BCUT2D eigenvalue weighted by molar-refractivity contribution is 7.91. The largest absolute Gasteiger partial charge is 0.317 e. The van der Waals surface area contributed by atoms with Crippen LogP contribution in [0.3, 0.4) is 0 Å². The summed E-state index contributed by atoms with van der Waals surface area (Å²) < 4.78 is 49.0. The van der Waals surface area contributed by atoms with Gasteiger partial charge in [-0.25, -0.2) is 21.1 Å². The molecule has 0 amide bonds. The van der Waals surface area contributed by atoms with Gasteiger partial charge in [0.05, 0.1) is 17.3 Å². The number of sulfonamides is 1. The average molecular weight is 324 g/mol. The molecule has 2 aliphatic heterocycles. The standard InChI is InChI=1S/C12H24N2O4S2/c15-19(16)9-1-7-14(8-11-19)20(17,18)10-4-12-2-5-13-6-3-12/h12-13H,1-11H2.